The van der Waals surface area contributed by atoms with E-state index in [9.17, 15) is 9.59 Å². The van der Waals surface area contributed by atoms with Gasteiger partial charge in [0.1, 0.15) is 11.5 Å². The van der Waals surface area contributed by atoms with Crippen LogP contribution in [0.3, 0.4) is 0 Å². The number of piperidine rings is 1. The number of hydrogen-bond acceptors (Lipinski definition) is 4. The average molecular weight is 370 g/mol. The van der Waals surface area contributed by atoms with Crippen LogP contribution in [0.25, 0.3) is 0 Å². The molecular formula is C21H26N2O4. The molecule has 2 aromatic rings. The van der Waals surface area contributed by atoms with Crippen LogP contribution in [0.1, 0.15) is 24.0 Å². The molecule has 1 aromatic carbocycles. The van der Waals surface area contributed by atoms with E-state index in [1.165, 1.54) is 0 Å². The third kappa shape index (κ3) is 4.90. The van der Waals surface area contributed by atoms with E-state index < -0.39 is 0 Å². The molecule has 3 rings (SSSR count). The van der Waals surface area contributed by atoms with Crippen LogP contribution >= 0.6 is 0 Å². The molecular weight excluding hydrogens is 344 g/mol. The van der Waals surface area contributed by atoms with Crippen LogP contribution in [0.4, 0.5) is 0 Å². The van der Waals surface area contributed by atoms with E-state index in [-0.39, 0.29) is 11.5 Å². The predicted molar refractivity (Wildman–Crippen MR) is 103 cm³/mol. The minimum absolute atomic E-state index is 0.0758. The SMILES string of the molecule is COc1ccc(CC(=O)N2CCC(Cc3ccc(=O)[nH]c3)CC2)c(OC)c1. The first-order valence-electron chi connectivity index (χ1n) is 9.25. The number of nitrogens with one attached hydrogen (secondary N) is 1. The smallest absolute Gasteiger partial charge is 0.247 e. The highest BCUT2D eigenvalue weighted by Crippen LogP contribution is 2.26. The summed E-state index contributed by atoms with van der Waals surface area (Å²) in [7, 11) is 3.21. The second kappa shape index (κ2) is 8.75. The first-order chi connectivity index (χ1) is 13.1. The minimum atomic E-state index is -0.0758. The number of H-pyrrole nitrogens is 1. The number of carbonyl (C=O) groups excluding carboxylic acids is 1. The highest BCUT2D eigenvalue weighted by Gasteiger charge is 2.23. The van der Waals surface area contributed by atoms with Crippen molar-refractivity contribution in [3.05, 3.63) is 58.0 Å². The lowest BCUT2D eigenvalue weighted by Gasteiger charge is -2.32. The lowest BCUT2D eigenvalue weighted by Crippen LogP contribution is -2.39. The van der Waals surface area contributed by atoms with Crippen molar-refractivity contribution >= 4 is 5.91 Å². The van der Waals surface area contributed by atoms with Gasteiger partial charge in [0.05, 0.1) is 20.6 Å². The highest BCUT2D eigenvalue weighted by atomic mass is 16.5. The molecule has 1 aromatic heterocycles. The van der Waals surface area contributed by atoms with E-state index in [2.05, 4.69) is 4.98 Å². The summed E-state index contributed by atoms with van der Waals surface area (Å²) in [6.07, 6.45) is 5.01. The molecule has 1 N–H and O–H groups in total. The fourth-order valence-electron chi connectivity index (χ4n) is 3.56. The van der Waals surface area contributed by atoms with Gasteiger partial charge < -0.3 is 19.4 Å². The molecule has 144 valence electrons. The summed E-state index contributed by atoms with van der Waals surface area (Å²) < 4.78 is 10.6. The van der Waals surface area contributed by atoms with Gasteiger partial charge in [0.25, 0.3) is 0 Å². The van der Waals surface area contributed by atoms with Crippen molar-refractivity contribution in [2.24, 2.45) is 5.92 Å². The Balaban J connectivity index is 1.54. The first kappa shape index (κ1) is 19.0. The van der Waals surface area contributed by atoms with Crippen molar-refractivity contribution in [2.45, 2.75) is 25.7 Å². The van der Waals surface area contributed by atoms with Gasteiger partial charge in [-0.3, -0.25) is 9.59 Å². The Labute approximate surface area is 159 Å². The fourth-order valence-corrected chi connectivity index (χ4v) is 3.56. The number of rotatable bonds is 6. The summed E-state index contributed by atoms with van der Waals surface area (Å²) in [6.45, 7) is 1.54. The molecule has 0 unspecified atom stereocenters. The van der Waals surface area contributed by atoms with Gasteiger partial charge >= 0.3 is 0 Å². The minimum Gasteiger partial charge on any atom is -0.497 e. The average Bonchev–Trinajstić information content (AvgIpc) is 2.70. The summed E-state index contributed by atoms with van der Waals surface area (Å²) in [5.74, 6) is 2.05. The summed E-state index contributed by atoms with van der Waals surface area (Å²) in [6, 6.07) is 8.99. The quantitative estimate of drug-likeness (QED) is 0.848. The number of amides is 1. The number of hydrogen-bond donors (Lipinski definition) is 1. The number of nitrogens with zero attached hydrogens (tertiary/aromatic N) is 1. The molecule has 0 aliphatic carbocycles. The zero-order chi connectivity index (χ0) is 19.2. The molecule has 0 radical (unpaired) electrons. The highest BCUT2D eigenvalue weighted by molar-refractivity contribution is 5.79. The number of benzene rings is 1. The summed E-state index contributed by atoms with van der Waals surface area (Å²) in [5.41, 5.74) is 1.94. The summed E-state index contributed by atoms with van der Waals surface area (Å²) in [5, 5.41) is 0. The molecule has 27 heavy (non-hydrogen) atoms. The first-order valence-corrected chi connectivity index (χ1v) is 9.25. The van der Waals surface area contributed by atoms with Crippen LogP contribution in [-0.2, 0) is 17.6 Å². The van der Waals surface area contributed by atoms with E-state index in [1.807, 2.05) is 23.1 Å². The maximum Gasteiger partial charge on any atom is 0.247 e. The van der Waals surface area contributed by atoms with Crippen LogP contribution < -0.4 is 15.0 Å². The molecule has 2 heterocycles. The Morgan fingerprint density at radius 1 is 1.15 bits per heavy atom. The normalized spacial score (nSPS) is 14.8. The molecule has 1 fully saturated rings. The van der Waals surface area contributed by atoms with Gasteiger partial charge in [-0.2, -0.15) is 0 Å². The molecule has 0 atom stereocenters. The zero-order valence-corrected chi connectivity index (χ0v) is 15.9. The number of carbonyl (C=O) groups is 1. The molecule has 1 aliphatic heterocycles. The number of pyridine rings is 1. The fraction of sp³-hybridized carbons (Fsp3) is 0.429. The van der Waals surface area contributed by atoms with Crippen LogP contribution in [0.2, 0.25) is 0 Å². The van der Waals surface area contributed by atoms with Gasteiger partial charge in [0.2, 0.25) is 11.5 Å². The van der Waals surface area contributed by atoms with E-state index in [0.717, 1.165) is 43.5 Å². The molecule has 6 heteroatoms. The monoisotopic (exact) mass is 370 g/mol. The maximum atomic E-state index is 12.7. The number of aromatic nitrogens is 1. The van der Waals surface area contributed by atoms with Crippen LogP contribution in [0.5, 0.6) is 11.5 Å². The maximum absolute atomic E-state index is 12.7. The second-order valence-corrected chi connectivity index (χ2v) is 6.94. The Hall–Kier alpha value is -2.76. The Kier molecular flexibility index (Phi) is 6.16. The second-order valence-electron chi connectivity index (χ2n) is 6.94. The lowest BCUT2D eigenvalue weighted by molar-refractivity contribution is -0.131. The van der Waals surface area contributed by atoms with Crippen LogP contribution in [-0.4, -0.2) is 43.1 Å². The number of aromatic amines is 1. The largest absolute Gasteiger partial charge is 0.497 e. The predicted octanol–water partition coefficient (Wildman–Crippen LogP) is 2.42. The Morgan fingerprint density at radius 2 is 1.93 bits per heavy atom. The van der Waals surface area contributed by atoms with Gasteiger partial charge in [0, 0.05) is 37.0 Å². The molecule has 0 spiro atoms. The Bertz CT molecular complexity index is 818. The van der Waals surface area contributed by atoms with Gasteiger partial charge in [-0.15, -0.1) is 0 Å². The van der Waals surface area contributed by atoms with Crippen molar-refractivity contribution in [1.29, 1.82) is 0 Å². The molecule has 1 saturated heterocycles. The van der Waals surface area contributed by atoms with Crippen LogP contribution in [0.15, 0.2) is 41.3 Å². The van der Waals surface area contributed by atoms with Crippen LogP contribution in [0, 0.1) is 5.92 Å². The zero-order valence-electron chi connectivity index (χ0n) is 15.9. The van der Waals surface area contributed by atoms with Crippen molar-refractivity contribution in [3.8, 4) is 11.5 Å². The number of methoxy groups -OCH3 is 2. The number of likely N-dealkylation sites (tertiary alicyclic amines) is 1. The van der Waals surface area contributed by atoms with E-state index in [1.54, 1.807) is 32.5 Å². The van der Waals surface area contributed by atoms with Gasteiger partial charge in [-0.1, -0.05) is 12.1 Å². The molecule has 0 saturated carbocycles. The van der Waals surface area contributed by atoms with Crippen molar-refractivity contribution in [3.63, 3.8) is 0 Å². The van der Waals surface area contributed by atoms with Gasteiger partial charge in [0.15, 0.2) is 0 Å². The van der Waals surface area contributed by atoms with E-state index >= 15 is 0 Å². The van der Waals surface area contributed by atoms with Crippen molar-refractivity contribution in [1.82, 2.24) is 9.88 Å². The summed E-state index contributed by atoms with van der Waals surface area (Å²) >= 11 is 0. The third-order valence-corrected chi connectivity index (χ3v) is 5.18. The molecule has 6 nitrogen and oxygen atoms in total. The molecule has 0 bridgehead atoms. The number of ether oxygens (including phenoxy) is 2. The standard InChI is InChI=1S/C21H26N2O4/c1-26-18-5-4-17(19(13-18)27-2)12-21(25)23-9-7-15(8-10-23)11-16-3-6-20(24)22-14-16/h3-6,13-15H,7-12H2,1-2H3,(H,22,24). The van der Waals surface area contributed by atoms with Gasteiger partial charge in [-0.05, 0) is 36.8 Å². The summed E-state index contributed by atoms with van der Waals surface area (Å²) in [4.78, 5) is 28.5. The van der Waals surface area contributed by atoms with Crippen molar-refractivity contribution in [2.75, 3.05) is 27.3 Å². The lowest BCUT2D eigenvalue weighted by atomic mass is 9.90. The van der Waals surface area contributed by atoms with E-state index in [0.29, 0.717) is 23.8 Å². The van der Waals surface area contributed by atoms with E-state index in [4.69, 9.17) is 9.47 Å². The Morgan fingerprint density at radius 3 is 2.56 bits per heavy atom. The molecule has 1 aliphatic rings. The molecule has 1 amide bonds. The van der Waals surface area contributed by atoms with Crippen molar-refractivity contribution < 1.29 is 14.3 Å². The topological polar surface area (TPSA) is 71.6 Å². The van der Waals surface area contributed by atoms with Gasteiger partial charge in [-0.25, -0.2) is 0 Å². The third-order valence-electron chi connectivity index (χ3n) is 5.18.